The number of aromatic nitrogens is 2. The second kappa shape index (κ2) is 8.05. The van der Waals surface area contributed by atoms with Gasteiger partial charge in [-0.2, -0.15) is 5.10 Å². The first-order valence-electron chi connectivity index (χ1n) is 9.59. The van der Waals surface area contributed by atoms with Gasteiger partial charge in [0.2, 0.25) is 0 Å². The molecule has 1 aliphatic heterocycles. The minimum atomic E-state index is -0.311. The van der Waals surface area contributed by atoms with Crippen LogP contribution in [0.5, 0.6) is 0 Å². The standard InChI is InChI=1S/C22H23FN4O2/c1-15-21(16(2)27(25-15)20-7-3-17(23)4-8-20)22(28)24-18-5-9-19(10-6-18)26-11-13-29-14-12-26/h3-10H,11-14H2,1-2H3,(H,24,28). The predicted molar refractivity (Wildman–Crippen MR) is 110 cm³/mol. The summed E-state index contributed by atoms with van der Waals surface area (Å²) < 4.78 is 20.2. The number of nitrogens with one attached hydrogen (secondary N) is 1. The molecule has 2 aromatic carbocycles. The first-order valence-corrected chi connectivity index (χ1v) is 9.59. The van der Waals surface area contributed by atoms with Crippen LogP contribution in [-0.2, 0) is 4.74 Å². The third-order valence-electron chi connectivity index (χ3n) is 5.09. The molecule has 29 heavy (non-hydrogen) atoms. The SMILES string of the molecule is Cc1nn(-c2ccc(F)cc2)c(C)c1C(=O)Nc1ccc(N2CCOCC2)cc1. The average molecular weight is 394 g/mol. The molecule has 1 amide bonds. The Morgan fingerprint density at radius 3 is 2.28 bits per heavy atom. The zero-order valence-electron chi connectivity index (χ0n) is 16.5. The average Bonchev–Trinajstić information content (AvgIpc) is 3.04. The number of anilines is 2. The van der Waals surface area contributed by atoms with Gasteiger partial charge in [-0.05, 0) is 62.4 Å². The van der Waals surface area contributed by atoms with Crippen LogP contribution in [0.1, 0.15) is 21.7 Å². The van der Waals surface area contributed by atoms with E-state index in [0.29, 0.717) is 22.6 Å². The fourth-order valence-electron chi connectivity index (χ4n) is 3.58. The monoisotopic (exact) mass is 394 g/mol. The highest BCUT2D eigenvalue weighted by Crippen LogP contribution is 2.22. The second-order valence-electron chi connectivity index (χ2n) is 7.03. The molecule has 7 heteroatoms. The summed E-state index contributed by atoms with van der Waals surface area (Å²) in [5.41, 5.74) is 4.39. The topological polar surface area (TPSA) is 59.4 Å². The van der Waals surface area contributed by atoms with Gasteiger partial charge in [0, 0.05) is 24.5 Å². The Kier molecular flexibility index (Phi) is 5.31. The number of morpholine rings is 1. The number of benzene rings is 2. The van der Waals surface area contributed by atoms with Crippen molar-refractivity contribution in [1.82, 2.24) is 9.78 Å². The highest BCUT2D eigenvalue weighted by molar-refractivity contribution is 6.06. The summed E-state index contributed by atoms with van der Waals surface area (Å²) in [4.78, 5) is 15.1. The quantitative estimate of drug-likeness (QED) is 0.733. The van der Waals surface area contributed by atoms with Gasteiger partial charge in [-0.1, -0.05) is 0 Å². The van der Waals surface area contributed by atoms with Crippen molar-refractivity contribution < 1.29 is 13.9 Å². The molecule has 0 saturated carbocycles. The minimum absolute atomic E-state index is 0.215. The molecule has 0 radical (unpaired) electrons. The predicted octanol–water partition coefficient (Wildman–Crippen LogP) is 3.72. The normalized spacial score (nSPS) is 14.1. The van der Waals surface area contributed by atoms with Crippen molar-refractivity contribution in [3.8, 4) is 5.69 Å². The van der Waals surface area contributed by atoms with Gasteiger partial charge in [-0.25, -0.2) is 9.07 Å². The molecule has 0 aliphatic carbocycles. The van der Waals surface area contributed by atoms with Crippen LogP contribution in [0.2, 0.25) is 0 Å². The van der Waals surface area contributed by atoms with E-state index in [0.717, 1.165) is 37.7 Å². The van der Waals surface area contributed by atoms with Crippen molar-refractivity contribution in [2.24, 2.45) is 0 Å². The number of ether oxygens (including phenoxy) is 1. The lowest BCUT2D eigenvalue weighted by molar-refractivity contribution is 0.102. The third-order valence-corrected chi connectivity index (χ3v) is 5.09. The van der Waals surface area contributed by atoms with Crippen LogP contribution in [0, 0.1) is 19.7 Å². The van der Waals surface area contributed by atoms with Crippen molar-refractivity contribution in [2.75, 3.05) is 36.5 Å². The number of carbonyl (C=O) groups excluding carboxylic acids is 1. The third kappa shape index (κ3) is 4.00. The summed E-state index contributed by atoms with van der Waals surface area (Å²) in [5, 5.41) is 7.41. The summed E-state index contributed by atoms with van der Waals surface area (Å²) in [5.74, 6) is -0.527. The molecule has 0 unspecified atom stereocenters. The lowest BCUT2D eigenvalue weighted by Crippen LogP contribution is -2.36. The Morgan fingerprint density at radius 1 is 1.00 bits per heavy atom. The molecular weight excluding hydrogens is 371 g/mol. The van der Waals surface area contributed by atoms with Crippen molar-refractivity contribution >= 4 is 17.3 Å². The van der Waals surface area contributed by atoms with Gasteiger partial charge in [0.15, 0.2) is 0 Å². The van der Waals surface area contributed by atoms with Crippen LogP contribution >= 0.6 is 0 Å². The molecule has 1 fully saturated rings. The van der Waals surface area contributed by atoms with Gasteiger partial charge in [-0.15, -0.1) is 0 Å². The van der Waals surface area contributed by atoms with E-state index in [2.05, 4.69) is 15.3 Å². The van der Waals surface area contributed by atoms with Crippen molar-refractivity contribution in [3.63, 3.8) is 0 Å². The van der Waals surface area contributed by atoms with E-state index in [1.54, 1.807) is 23.7 Å². The summed E-state index contributed by atoms with van der Waals surface area (Å²) >= 11 is 0. The molecule has 1 aliphatic rings. The van der Waals surface area contributed by atoms with E-state index in [4.69, 9.17) is 4.74 Å². The van der Waals surface area contributed by atoms with E-state index in [9.17, 15) is 9.18 Å². The fraction of sp³-hybridized carbons (Fsp3) is 0.273. The number of amides is 1. The van der Waals surface area contributed by atoms with Gasteiger partial charge >= 0.3 is 0 Å². The number of aryl methyl sites for hydroxylation is 1. The molecule has 1 saturated heterocycles. The molecular formula is C22H23FN4O2. The van der Waals surface area contributed by atoms with Crippen molar-refractivity contribution in [3.05, 3.63) is 71.3 Å². The van der Waals surface area contributed by atoms with E-state index >= 15 is 0 Å². The van der Waals surface area contributed by atoms with Crippen molar-refractivity contribution in [2.45, 2.75) is 13.8 Å². The molecule has 4 rings (SSSR count). The Balaban J connectivity index is 1.52. The highest BCUT2D eigenvalue weighted by Gasteiger charge is 2.20. The number of halogens is 1. The van der Waals surface area contributed by atoms with E-state index < -0.39 is 0 Å². The smallest absolute Gasteiger partial charge is 0.259 e. The zero-order valence-corrected chi connectivity index (χ0v) is 16.5. The van der Waals surface area contributed by atoms with Gasteiger partial charge in [0.05, 0.1) is 35.9 Å². The first-order chi connectivity index (χ1) is 14.0. The Labute approximate surface area is 168 Å². The number of nitrogens with zero attached hydrogens (tertiary/aromatic N) is 3. The molecule has 1 aromatic heterocycles. The number of rotatable bonds is 4. The summed E-state index contributed by atoms with van der Waals surface area (Å²) in [6.45, 7) is 6.83. The molecule has 6 nitrogen and oxygen atoms in total. The number of hydrogen-bond acceptors (Lipinski definition) is 4. The first kappa shape index (κ1) is 19.1. The summed E-state index contributed by atoms with van der Waals surface area (Å²) in [6, 6.07) is 13.8. The van der Waals surface area contributed by atoms with Crippen LogP contribution < -0.4 is 10.2 Å². The van der Waals surface area contributed by atoms with E-state index in [1.807, 2.05) is 31.2 Å². The molecule has 0 bridgehead atoms. The van der Waals surface area contributed by atoms with Gasteiger partial charge in [-0.3, -0.25) is 4.79 Å². The molecule has 0 atom stereocenters. The summed E-state index contributed by atoms with van der Waals surface area (Å²) in [6.07, 6.45) is 0. The molecule has 3 aromatic rings. The summed E-state index contributed by atoms with van der Waals surface area (Å²) in [7, 11) is 0. The zero-order chi connectivity index (χ0) is 20.4. The molecule has 150 valence electrons. The van der Waals surface area contributed by atoms with Crippen LogP contribution in [0.15, 0.2) is 48.5 Å². The minimum Gasteiger partial charge on any atom is -0.378 e. The molecule has 1 N–H and O–H groups in total. The largest absolute Gasteiger partial charge is 0.378 e. The second-order valence-corrected chi connectivity index (χ2v) is 7.03. The van der Waals surface area contributed by atoms with Crippen LogP contribution in [0.3, 0.4) is 0 Å². The number of carbonyl (C=O) groups is 1. The maximum atomic E-state index is 13.2. The van der Waals surface area contributed by atoms with Crippen LogP contribution in [0.25, 0.3) is 5.69 Å². The van der Waals surface area contributed by atoms with Gasteiger partial charge < -0.3 is 15.0 Å². The highest BCUT2D eigenvalue weighted by atomic mass is 19.1. The maximum Gasteiger partial charge on any atom is 0.259 e. The van der Waals surface area contributed by atoms with E-state index in [1.165, 1.54) is 12.1 Å². The van der Waals surface area contributed by atoms with Gasteiger partial charge in [0.25, 0.3) is 5.91 Å². The molecule has 2 heterocycles. The van der Waals surface area contributed by atoms with Crippen LogP contribution in [0.4, 0.5) is 15.8 Å². The lowest BCUT2D eigenvalue weighted by Gasteiger charge is -2.28. The maximum absolute atomic E-state index is 13.2. The Bertz CT molecular complexity index is 1010. The molecule has 0 spiro atoms. The van der Waals surface area contributed by atoms with Gasteiger partial charge in [0.1, 0.15) is 5.82 Å². The lowest BCUT2D eigenvalue weighted by atomic mass is 10.1. The Morgan fingerprint density at radius 2 is 1.62 bits per heavy atom. The van der Waals surface area contributed by atoms with Crippen LogP contribution in [-0.4, -0.2) is 42.0 Å². The fourth-order valence-corrected chi connectivity index (χ4v) is 3.58. The van der Waals surface area contributed by atoms with E-state index in [-0.39, 0.29) is 11.7 Å². The Hall–Kier alpha value is -3.19. The number of hydrogen-bond donors (Lipinski definition) is 1. The van der Waals surface area contributed by atoms with Crippen molar-refractivity contribution in [1.29, 1.82) is 0 Å².